The lowest BCUT2D eigenvalue weighted by Gasteiger charge is -2.29. The van der Waals surface area contributed by atoms with Gasteiger partial charge in [-0.3, -0.25) is 29.7 Å². The first-order chi connectivity index (χ1) is 58.2. The van der Waals surface area contributed by atoms with Crippen molar-refractivity contribution in [3.05, 3.63) is 298 Å². The smallest absolute Gasteiger partial charge is 0.253 e. The van der Waals surface area contributed by atoms with Crippen LogP contribution in [0.1, 0.15) is 239 Å². The first-order valence-corrected chi connectivity index (χ1v) is 44.1. The number of pyridine rings is 7. The summed E-state index contributed by atoms with van der Waals surface area (Å²) >= 11 is 12.3. The molecule has 0 saturated carbocycles. The molecule has 0 atom stereocenters. The van der Waals surface area contributed by atoms with Crippen LogP contribution in [0.5, 0.6) is 11.6 Å². The number of ether oxygens (including phenoxy) is 3. The van der Waals surface area contributed by atoms with Crippen LogP contribution in [0.25, 0.3) is 56.3 Å². The first kappa shape index (κ1) is 101. The van der Waals surface area contributed by atoms with Gasteiger partial charge in [0.2, 0.25) is 5.88 Å². The quantitative estimate of drug-likeness (QED) is 0.102. The molecular weight excluding hydrogens is 1570 g/mol. The van der Waals surface area contributed by atoms with E-state index in [0.717, 1.165) is 100 Å². The maximum atomic E-state index is 11.9. The van der Waals surface area contributed by atoms with E-state index in [4.69, 9.17) is 41.8 Å². The molecule has 14 nitrogen and oxygen atoms in total. The zero-order valence-electron chi connectivity index (χ0n) is 79.5. The van der Waals surface area contributed by atoms with E-state index in [0.29, 0.717) is 22.4 Å². The van der Waals surface area contributed by atoms with Crippen molar-refractivity contribution in [1.29, 1.82) is 0 Å². The second-order valence-corrected chi connectivity index (χ2v) is 40.2. The fraction of sp³-hybridized carbons (Fsp3) is 0.407. The van der Waals surface area contributed by atoms with Crippen molar-refractivity contribution >= 4 is 34.9 Å². The number of carbonyl (C=O) groups is 1. The van der Waals surface area contributed by atoms with E-state index in [9.17, 15) is 4.79 Å². The van der Waals surface area contributed by atoms with Gasteiger partial charge < -0.3 is 28.4 Å². The number of methoxy groups -OCH3 is 2. The summed E-state index contributed by atoms with van der Waals surface area (Å²) in [6.07, 6.45) is 21.7. The molecule has 124 heavy (non-hydrogen) atoms. The summed E-state index contributed by atoms with van der Waals surface area (Å²) in [6.45, 7) is 55.7. The summed E-state index contributed by atoms with van der Waals surface area (Å²) in [5.74, 6) is 2.94. The van der Waals surface area contributed by atoms with E-state index >= 15 is 0 Å². The highest BCUT2D eigenvalue weighted by Gasteiger charge is 2.23. The van der Waals surface area contributed by atoms with Gasteiger partial charge in [0, 0.05) is 104 Å². The van der Waals surface area contributed by atoms with E-state index in [1.807, 2.05) is 116 Å². The summed E-state index contributed by atoms with van der Waals surface area (Å²) in [5.41, 5.74) is 23.4. The third-order valence-electron chi connectivity index (χ3n) is 21.0. The third kappa shape index (κ3) is 32.0. The first-order valence-electron chi connectivity index (χ1n) is 43.4. The topological polar surface area (TPSA) is 155 Å². The van der Waals surface area contributed by atoms with Gasteiger partial charge in [0.1, 0.15) is 16.6 Å². The fourth-order valence-electron chi connectivity index (χ4n) is 12.6. The molecule has 12 aromatic rings. The highest BCUT2D eigenvalue weighted by atomic mass is 35.5. The van der Waals surface area contributed by atoms with Crippen molar-refractivity contribution < 1.29 is 23.4 Å². The molecule has 660 valence electrons. The molecule has 1 aliphatic heterocycles. The Kier molecular flexibility index (Phi) is 36.9. The standard InChI is InChI=1S/2C19H25N.C18H22N2O.C16H19NO.C13H19ClN2O.C13H15NO.C10H14ClNO/c1-14(2)12-15-6-8-16(9-7-15)18-11-10-17(13-20-18)19(3,4)5;1-5-6-7-15-8-10-16(11-9-15)18-13-12-17(14-20-18)19(2,3)4;1-18(2,3)15-10-11-16(19-12-15)13-6-8-14(9-7-13)17(21)20(4)5;1-16(2,3)13-7-10-15(17-11-13)12-5-8-14(18-4)9-6-12;1-13(2,3)10-8-11(14)12(15-9-10)16-4-6-17-7-5-16;1-13(2,3)11-4-5-12(14-8-11)10-6-7-15-9-10;1-10(2,3)7-5-8(11)9(13-4)12-6-7/h6-11,13-14H,12H2,1-5H3;8-14H,5-7H2,1-4H3;6-12H,1-5H3;5-11H,1-4H3;8-9H,4-7H2,1-3H3;4-9H,1-3H3;5-6H,1-4H3. The highest BCUT2D eigenvalue weighted by Crippen LogP contribution is 2.35. The lowest BCUT2D eigenvalue weighted by Crippen LogP contribution is -2.37. The van der Waals surface area contributed by atoms with Crippen LogP contribution in [0.4, 0.5) is 5.82 Å². The molecule has 0 aliphatic carbocycles. The summed E-state index contributed by atoms with van der Waals surface area (Å²) in [4.78, 5) is 46.9. The largest absolute Gasteiger partial charge is 0.497 e. The highest BCUT2D eigenvalue weighted by molar-refractivity contribution is 6.33. The maximum absolute atomic E-state index is 11.9. The lowest BCUT2D eigenvalue weighted by molar-refractivity contribution is 0.0827. The van der Waals surface area contributed by atoms with Gasteiger partial charge in [0.25, 0.3) is 5.91 Å². The van der Waals surface area contributed by atoms with E-state index in [-0.39, 0.29) is 43.8 Å². The van der Waals surface area contributed by atoms with E-state index in [1.165, 1.54) is 74.9 Å². The normalized spacial score (nSPS) is 12.3. The van der Waals surface area contributed by atoms with Crippen molar-refractivity contribution in [3.8, 4) is 67.9 Å². The zero-order valence-corrected chi connectivity index (χ0v) is 81.0. The monoisotopic (exact) mass is 1710 g/mol. The fourth-order valence-corrected chi connectivity index (χ4v) is 13.1. The van der Waals surface area contributed by atoms with Crippen LogP contribution >= 0.6 is 23.2 Å². The molecule has 1 amide bonds. The number of benzene rings is 4. The molecule has 0 unspecified atom stereocenters. The minimum Gasteiger partial charge on any atom is -0.497 e. The summed E-state index contributed by atoms with van der Waals surface area (Å²) in [7, 11) is 6.74. The SMILES string of the molecule is CC(C)(C)c1ccc(-c2ccoc2)nc1.CC(C)(C)c1cnc(N2CCOCC2)c(Cl)c1.CC(C)Cc1ccc(-c2ccc(C(C)(C)C)cn2)cc1.CCCCc1ccc(-c2ccc(C(C)(C)C)cn2)cc1.CN(C)C(=O)c1ccc(-c2ccc(C(C)(C)C)cn2)cc1.COc1ccc(-c2ccc(C(C)(C)C)cn2)cc1.COc1ncc(C(C)(C)C)cc1Cl. The molecule has 9 heterocycles. The number of morpholine rings is 1. The molecule has 8 aromatic heterocycles. The van der Waals surface area contributed by atoms with Crippen molar-refractivity contribution in [1.82, 2.24) is 39.8 Å². The summed E-state index contributed by atoms with van der Waals surface area (Å²) in [5, 5.41) is 1.30. The molecule has 16 heteroatoms. The number of hydrogen-bond donors (Lipinski definition) is 0. The van der Waals surface area contributed by atoms with E-state index in [1.54, 1.807) is 51.9 Å². The van der Waals surface area contributed by atoms with Crippen LogP contribution < -0.4 is 14.4 Å². The Morgan fingerprint density at radius 3 is 1.05 bits per heavy atom. The number of amides is 1. The number of carbonyl (C=O) groups excluding carboxylic acids is 1. The van der Waals surface area contributed by atoms with Gasteiger partial charge >= 0.3 is 0 Å². The zero-order chi connectivity index (χ0) is 91.5. The number of unbranched alkanes of at least 4 members (excludes halogenated alkanes) is 1. The molecule has 1 aliphatic rings. The Morgan fingerprint density at radius 2 is 0.750 bits per heavy atom. The Labute approximate surface area is 753 Å². The number of aryl methyl sites for hydroxylation is 1. The summed E-state index contributed by atoms with van der Waals surface area (Å²) < 4.78 is 20.5. The predicted octanol–water partition coefficient (Wildman–Crippen LogP) is 28.0. The summed E-state index contributed by atoms with van der Waals surface area (Å²) in [6, 6.07) is 60.1. The number of halogens is 2. The van der Waals surface area contributed by atoms with Crippen LogP contribution in [-0.4, -0.2) is 100 Å². The Balaban J connectivity index is 0.000000200. The molecule has 0 spiro atoms. The van der Waals surface area contributed by atoms with E-state index in [2.05, 4.69) is 303 Å². The molecule has 13 rings (SSSR count). The van der Waals surface area contributed by atoms with E-state index < -0.39 is 0 Å². The Morgan fingerprint density at radius 1 is 0.411 bits per heavy atom. The average molecular weight is 1710 g/mol. The van der Waals surface area contributed by atoms with Crippen LogP contribution in [0.3, 0.4) is 0 Å². The van der Waals surface area contributed by atoms with Gasteiger partial charge in [-0.1, -0.05) is 287 Å². The second kappa shape index (κ2) is 45.5. The number of hydrogen-bond acceptors (Lipinski definition) is 13. The molecule has 1 fully saturated rings. The van der Waals surface area contributed by atoms with Gasteiger partial charge in [-0.05, 0) is 198 Å². The minimum absolute atomic E-state index is 0.0117. The van der Waals surface area contributed by atoms with Gasteiger partial charge in [-0.25, -0.2) is 9.97 Å². The predicted molar refractivity (Wildman–Crippen MR) is 521 cm³/mol. The van der Waals surface area contributed by atoms with Crippen LogP contribution in [0, 0.1) is 5.92 Å². The van der Waals surface area contributed by atoms with Crippen LogP contribution in [0.2, 0.25) is 10.0 Å². The number of anilines is 1. The maximum Gasteiger partial charge on any atom is 0.253 e. The van der Waals surface area contributed by atoms with Gasteiger partial charge in [-0.2, -0.15) is 0 Å². The van der Waals surface area contributed by atoms with Gasteiger partial charge in [-0.15, -0.1) is 0 Å². The van der Waals surface area contributed by atoms with Crippen molar-refractivity contribution in [2.24, 2.45) is 5.92 Å². The van der Waals surface area contributed by atoms with Crippen LogP contribution in [0.15, 0.2) is 236 Å². The molecule has 0 radical (unpaired) electrons. The van der Waals surface area contributed by atoms with Gasteiger partial charge in [0.05, 0.1) is 73.5 Å². The number of rotatable bonds is 14. The average Bonchev–Trinajstić information content (AvgIpc) is 0.972. The molecule has 4 aromatic carbocycles. The molecule has 0 N–H and O–H groups in total. The second-order valence-electron chi connectivity index (χ2n) is 39.4. The van der Waals surface area contributed by atoms with Crippen molar-refractivity contribution in [2.45, 2.75) is 230 Å². The lowest BCUT2D eigenvalue weighted by atomic mass is 9.88. The molecule has 0 bridgehead atoms. The van der Waals surface area contributed by atoms with Gasteiger partial charge in [0.15, 0.2) is 0 Å². The molecule has 1 saturated heterocycles. The Bertz CT molecular complexity index is 5160. The minimum atomic E-state index is 0.0117. The number of nitrogens with zero attached hydrogens (tertiary/aromatic N) is 9. The number of aromatic nitrogens is 7. The third-order valence-corrected chi connectivity index (χ3v) is 21.6. The molecular formula is C108H139Cl2N9O5. The van der Waals surface area contributed by atoms with Crippen molar-refractivity contribution in [3.63, 3.8) is 0 Å². The van der Waals surface area contributed by atoms with Crippen molar-refractivity contribution in [2.75, 3.05) is 59.5 Å². The number of furan rings is 1. The Hall–Kier alpha value is -10.4. The van der Waals surface area contributed by atoms with Crippen LogP contribution in [-0.2, 0) is 55.5 Å².